The minimum atomic E-state index is -0.828. The number of Topliss-reactive ketones (excluding diaryl/α,β-unsaturated/α-hetero) is 1. The van der Waals surface area contributed by atoms with Crippen molar-refractivity contribution in [1.29, 1.82) is 0 Å². The molecule has 0 radical (unpaired) electrons. The highest BCUT2D eigenvalue weighted by molar-refractivity contribution is 7.14. The fraction of sp³-hybridized carbons (Fsp3) is 0.182. The summed E-state index contributed by atoms with van der Waals surface area (Å²) in [6.07, 6.45) is 3.17. The number of benzene rings is 1. The molecule has 1 N–H and O–H groups in total. The number of hydrogen-bond donors (Lipinski definition) is 1. The largest absolute Gasteiger partial charge is 0.503 e. The maximum Gasteiger partial charge on any atom is 0.294 e. The summed E-state index contributed by atoms with van der Waals surface area (Å²) in [5.74, 6) is -1.19. The van der Waals surface area contributed by atoms with Gasteiger partial charge in [-0.2, -0.15) is 0 Å². The second-order valence-corrected chi connectivity index (χ2v) is 7.97. The number of pyridine rings is 1. The van der Waals surface area contributed by atoms with Crippen molar-refractivity contribution in [3.63, 3.8) is 0 Å². The zero-order valence-corrected chi connectivity index (χ0v) is 17.4. The molecule has 4 rings (SSSR count). The van der Waals surface area contributed by atoms with Gasteiger partial charge in [-0.25, -0.2) is 4.98 Å². The molecule has 1 amide bonds. The molecular weight excluding hydrogens is 402 g/mol. The van der Waals surface area contributed by atoms with E-state index in [9.17, 15) is 14.7 Å². The molecule has 30 heavy (non-hydrogen) atoms. The third-order valence-corrected chi connectivity index (χ3v) is 6.00. The Labute approximate surface area is 177 Å². The van der Waals surface area contributed by atoms with Crippen LogP contribution in [0.3, 0.4) is 0 Å². The molecule has 1 aromatic carbocycles. The third-order valence-electron chi connectivity index (χ3n) is 4.93. The van der Waals surface area contributed by atoms with Gasteiger partial charge in [0.2, 0.25) is 5.78 Å². The Kier molecular flexibility index (Phi) is 5.09. The summed E-state index contributed by atoms with van der Waals surface area (Å²) in [5, 5.41) is 11.5. The van der Waals surface area contributed by atoms with Crippen LogP contribution in [0.1, 0.15) is 32.0 Å². The first kappa shape index (κ1) is 19.8. The number of aliphatic hydroxyl groups is 1. The quantitative estimate of drug-likeness (QED) is 0.627. The lowest BCUT2D eigenvalue weighted by Crippen LogP contribution is -2.31. The van der Waals surface area contributed by atoms with Gasteiger partial charge in [-0.1, -0.05) is 12.1 Å². The Morgan fingerprint density at radius 2 is 1.87 bits per heavy atom. The van der Waals surface area contributed by atoms with E-state index in [-0.39, 0.29) is 5.57 Å². The van der Waals surface area contributed by atoms with E-state index in [1.54, 1.807) is 55.7 Å². The summed E-state index contributed by atoms with van der Waals surface area (Å²) in [5.41, 5.74) is 1.69. The van der Waals surface area contributed by atoms with Crippen molar-refractivity contribution in [3.8, 4) is 5.75 Å². The van der Waals surface area contributed by atoms with Gasteiger partial charge in [-0.3, -0.25) is 19.5 Å². The van der Waals surface area contributed by atoms with Crippen molar-refractivity contribution < 1.29 is 19.4 Å². The lowest BCUT2D eigenvalue weighted by atomic mass is 9.95. The first-order valence-electron chi connectivity index (χ1n) is 9.22. The Morgan fingerprint density at radius 1 is 1.17 bits per heavy atom. The molecule has 0 aliphatic carbocycles. The SMILES string of the molecule is COc1ccccc1N1C(=O)C(O)=C(C(=O)c2sc(C)nc2C)C1c1ccncc1. The van der Waals surface area contributed by atoms with Crippen LogP contribution in [0.15, 0.2) is 60.1 Å². The highest BCUT2D eigenvalue weighted by Crippen LogP contribution is 2.45. The Morgan fingerprint density at radius 3 is 2.50 bits per heavy atom. The Bertz CT molecular complexity index is 1170. The van der Waals surface area contributed by atoms with Crippen molar-refractivity contribution >= 4 is 28.7 Å². The first-order chi connectivity index (χ1) is 14.4. The first-order valence-corrected chi connectivity index (χ1v) is 10.0. The van der Waals surface area contributed by atoms with Gasteiger partial charge in [-0.15, -0.1) is 11.3 Å². The number of para-hydroxylation sites is 2. The molecule has 1 aliphatic rings. The average Bonchev–Trinajstić information content (AvgIpc) is 3.23. The summed E-state index contributed by atoms with van der Waals surface area (Å²) in [7, 11) is 1.50. The molecule has 3 heterocycles. The summed E-state index contributed by atoms with van der Waals surface area (Å²) >= 11 is 1.24. The molecule has 2 aromatic heterocycles. The minimum absolute atomic E-state index is 0.0175. The molecule has 3 aromatic rings. The van der Waals surface area contributed by atoms with Gasteiger partial charge in [0.1, 0.15) is 5.75 Å². The van der Waals surface area contributed by atoms with Gasteiger partial charge in [-0.05, 0) is 43.7 Å². The van der Waals surface area contributed by atoms with Crippen LogP contribution in [0, 0.1) is 13.8 Å². The predicted octanol–water partition coefficient (Wildman–Crippen LogP) is 3.95. The summed E-state index contributed by atoms with van der Waals surface area (Å²) < 4.78 is 5.43. The number of amides is 1. The van der Waals surface area contributed by atoms with E-state index in [0.717, 1.165) is 5.01 Å². The summed E-state index contributed by atoms with van der Waals surface area (Å²) in [6, 6.07) is 9.60. The van der Waals surface area contributed by atoms with Gasteiger partial charge in [0, 0.05) is 12.4 Å². The van der Waals surface area contributed by atoms with Crippen molar-refractivity contribution in [3.05, 3.63) is 81.3 Å². The summed E-state index contributed by atoms with van der Waals surface area (Å²) in [6.45, 7) is 3.55. The van der Waals surface area contributed by atoms with Crippen LogP contribution in [0.4, 0.5) is 5.69 Å². The number of aliphatic hydroxyl groups excluding tert-OH is 1. The molecular formula is C22H19N3O4S. The second-order valence-electron chi connectivity index (χ2n) is 6.77. The fourth-order valence-corrected chi connectivity index (χ4v) is 4.51. The minimum Gasteiger partial charge on any atom is -0.503 e. The van der Waals surface area contributed by atoms with Gasteiger partial charge in [0.05, 0.1) is 40.0 Å². The highest BCUT2D eigenvalue weighted by Gasteiger charge is 2.46. The second kappa shape index (κ2) is 7.72. The molecule has 1 unspecified atom stereocenters. The van der Waals surface area contributed by atoms with E-state index in [1.807, 2.05) is 6.92 Å². The number of carbonyl (C=O) groups excluding carboxylic acids is 2. The number of rotatable bonds is 5. The van der Waals surface area contributed by atoms with Gasteiger partial charge in [0.15, 0.2) is 5.76 Å². The van der Waals surface area contributed by atoms with Crippen molar-refractivity contribution in [2.45, 2.75) is 19.9 Å². The van der Waals surface area contributed by atoms with Crippen molar-refractivity contribution in [2.75, 3.05) is 12.0 Å². The summed E-state index contributed by atoms with van der Waals surface area (Å²) in [4.78, 5) is 36.8. The van der Waals surface area contributed by atoms with Gasteiger partial charge in [0.25, 0.3) is 5.91 Å². The fourth-order valence-electron chi connectivity index (χ4n) is 3.64. The predicted molar refractivity (Wildman–Crippen MR) is 113 cm³/mol. The smallest absolute Gasteiger partial charge is 0.294 e. The van der Waals surface area contributed by atoms with Gasteiger partial charge < -0.3 is 9.84 Å². The van der Waals surface area contributed by atoms with Crippen molar-refractivity contribution in [1.82, 2.24) is 9.97 Å². The molecule has 7 nitrogen and oxygen atoms in total. The van der Waals surface area contributed by atoms with E-state index in [1.165, 1.54) is 23.3 Å². The van der Waals surface area contributed by atoms with Crippen LogP contribution < -0.4 is 9.64 Å². The number of thiazole rings is 1. The number of anilines is 1. The van der Waals surface area contributed by atoms with Crippen LogP contribution in [0.5, 0.6) is 5.75 Å². The zero-order chi connectivity index (χ0) is 21.4. The van der Waals surface area contributed by atoms with Crippen LogP contribution >= 0.6 is 11.3 Å². The molecule has 1 atom stereocenters. The zero-order valence-electron chi connectivity index (χ0n) is 16.6. The number of nitrogens with zero attached hydrogens (tertiary/aromatic N) is 3. The monoisotopic (exact) mass is 421 g/mol. The lowest BCUT2D eigenvalue weighted by molar-refractivity contribution is -0.117. The third kappa shape index (κ3) is 3.15. The molecule has 0 fully saturated rings. The molecule has 0 bridgehead atoms. The maximum absolute atomic E-state index is 13.5. The molecule has 8 heteroatoms. The van der Waals surface area contributed by atoms with E-state index in [4.69, 9.17) is 4.74 Å². The highest BCUT2D eigenvalue weighted by atomic mass is 32.1. The van der Waals surface area contributed by atoms with Crippen LogP contribution in [0.2, 0.25) is 0 Å². The van der Waals surface area contributed by atoms with Crippen LogP contribution in [-0.4, -0.2) is 33.9 Å². The lowest BCUT2D eigenvalue weighted by Gasteiger charge is -2.28. The van der Waals surface area contributed by atoms with E-state index in [0.29, 0.717) is 27.6 Å². The molecule has 0 saturated heterocycles. The van der Waals surface area contributed by atoms with Crippen LogP contribution in [0.25, 0.3) is 0 Å². The normalized spacial score (nSPS) is 16.3. The topological polar surface area (TPSA) is 92.6 Å². The molecule has 152 valence electrons. The van der Waals surface area contributed by atoms with Gasteiger partial charge >= 0.3 is 0 Å². The number of ether oxygens (including phenoxy) is 1. The molecule has 1 aliphatic heterocycles. The number of aromatic nitrogens is 2. The average molecular weight is 421 g/mol. The van der Waals surface area contributed by atoms with E-state index < -0.39 is 23.5 Å². The Hall–Kier alpha value is -3.52. The Balaban J connectivity index is 1.91. The number of carbonyl (C=O) groups is 2. The number of methoxy groups -OCH3 is 1. The van der Waals surface area contributed by atoms with Crippen molar-refractivity contribution in [2.24, 2.45) is 0 Å². The van der Waals surface area contributed by atoms with E-state index in [2.05, 4.69) is 9.97 Å². The van der Waals surface area contributed by atoms with Crippen LogP contribution in [-0.2, 0) is 4.79 Å². The standard InChI is InChI=1S/C22H19N3O4S/c1-12-21(30-13(2)24-12)19(26)17-18(14-8-10-23-11-9-14)25(22(28)20(17)27)15-6-4-5-7-16(15)29-3/h4-11,18,27H,1-3H3. The van der Waals surface area contributed by atoms with E-state index >= 15 is 0 Å². The number of aryl methyl sites for hydroxylation is 2. The number of hydrogen-bond acceptors (Lipinski definition) is 7. The molecule has 0 spiro atoms. The number of ketones is 1. The molecule has 0 saturated carbocycles. The maximum atomic E-state index is 13.5.